The van der Waals surface area contributed by atoms with Crippen molar-refractivity contribution in [2.75, 3.05) is 0 Å². The van der Waals surface area contributed by atoms with Crippen LogP contribution in [0, 0.1) is 6.92 Å². The molecule has 2 aromatic rings. The van der Waals surface area contributed by atoms with Gasteiger partial charge < -0.3 is 9.73 Å². The van der Waals surface area contributed by atoms with Crippen molar-refractivity contribution in [2.45, 2.75) is 19.9 Å². The first-order chi connectivity index (χ1) is 7.66. The fraction of sp³-hybridized carbons (Fsp3) is 0.250. The molecule has 0 saturated heterocycles. The maximum atomic E-state index is 11.8. The Morgan fingerprint density at radius 1 is 1.44 bits per heavy atom. The molecular formula is C12H13NO2S. The summed E-state index contributed by atoms with van der Waals surface area (Å²) in [6.45, 7) is 3.78. The first-order valence-corrected chi connectivity index (χ1v) is 5.95. The Morgan fingerprint density at radius 2 is 2.25 bits per heavy atom. The van der Waals surface area contributed by atoms with E-state index >= 15 is 0 Å². The van der Waals surface area contributed by atoms with Crippen molar-refractivity contribution in [1.29, 1.82) is 0 Å². The van der Waals surface area contributed by atoms with Crippen LogP contribution in [0.3, 0.4) is 0 Å². The van der Waals surface area contributed by atoms with Crippen LogP contribution in [-0.2, 0) is 0 Å². The summed E-state index contributed by atoms with van der Waals surface area (Å²) >= 11 is 1.63. The second-order valence-corrected chi connectivity index (χ2v) is 4.60. The number of amides is 1. The van der Waals surface area contributed by atoms with E-state index in [1.807, 2.05) is 31.4 Å². The summed E-state index contributed by atoms with van der Waals surface area (Å²) in [6.07, 6.45) is 0. The van der Waals surface area contributed by atoms with E-state index in [9.17, 15) is 4.79 Å². The molecule has 0 aliphatic carbocycles. The van der Waals surface area contributed by atoms with E-state index in [-0.39, 0.29) is 11.9 Å². The minimum Gasteiger partial charge on any atom is -0.456 e. The lowest BCUT2D eigenvalue weighted by Crippen LogP contribution is -2.25. The molecule has 16 heavy (non-hydrogen) atoms. The van der Waals surface area contributed by atoms with Crippen molar-refractivity contribution >= 4 is 17.2 Å². The van der Waals surface area contributed by atoms with Gasteiger partial charge in [-0.05, 0) is 37.4 Å². The van der Waals surface area contributed by atoms with E-state index < -0.39 is 0 Å². The van der Waals surface area contributed by atoms with Crippen molar-refractivity contribution < 1.29 is 9.21 Å². The molecule has 1 amide bonds. The highest BCUT2D eigenvalue weighted by atomic mass is 32.1. The van der Waals surface area contributed by atoms with Crippen molar-refractivity contribution in [3.05, 3.63) is 46.0 Å². The molecular weight excluding hydrogens is 222 g/mol. The van der Waals surface area contributed by atoms with Crippen LogP contribution in [0.4, 0.5) is 0 Å². The standard InChI is InChI=1S/C12H13NO2S/c1-8-5-6-10(15-8)12(14)13-9(2)11-4-3-7-16-11/h3-7,9H,1-2H3,(H,13,14). The third kappa shape index (κ3) is 2.33. The second-order valence-electron chi connectivity index (χ2n) is 3.62. The summed E-state index contributed by atoms with van der Waals surface area (Å²) in [6, 6.07) is 7.46. The van der Waals surface area contributed by atoms with Gasteiger partial charge in [0.1, 0.15) is 5.76 Å². The number of furan rings is 1. The Labute approximate surface area is 98.1 Å². The monoisotopic (exact) mass is 235 g/mol. The smallest absolute Gasteiger partial charge is 0.287 e. The van der Waals surface area contributed by atoms with Crippen LogP contribution in [0.15, 0.2) is 34.1 Å². The number of thiophene rings is 1. The van der Waals surface area contributed by atoms with Gasteiger partial charge in [-0.15, -0.1) is 11.3 Å². The molecule has 0 aliphatic heterocycles. The minimum absolute atomic E-state index is 0.0120. The average Bonchev–Trinajstić information content (AvgIpc) is 2.87. The number of carbonyl (C=O) groups excluding carboxylic acids is 1. The molecule has 0 aromatic carbocycles. The maximum absolute atomic E-state index is 11.8. The van der Waals surface area contributed by atoms with Gasteiger partial charge in [-0.3, -0.25) is 4.79 Å². The number of aryl methyl sites for hydroxylation is 1. The predicted molar refractivity (Wildman–Crippen MR) is 63.6 cm³/mol. The lowest BCUT2D eigenvalue weighted by Gasteiger charge is -2.10. The van der Waals surface area contributed by atoms with Crippen LogP contribution in [0.1, 0.15) is 34.2 Å². The lowest BCUT2D eigenvalue weighted by atomic mass is 10.2. The van der Waals surface area contributed by atoms with E-state index in [0.29, 0.717) is 5.76 Å². The van der Waals surface area contributed by atoms with Gasteiger partial charge in [-0.25, -0.2) is 0 Å². The van der Waals surface area contributed by atoms with Crippen molar-refractivity contribution in [3.63, 3.8) is 0 Å². The largest absolute Gasteiger partial charge is 0.456 e. The molecule has 2 rings (SSSR count). The van der Waals surface area contributed by atoms with Crippen molar-refractivity contribution in [3.8, 4) is 0 Å². The molecule has 3 nitrogen and oxygen atoms in total. The van der Waals surface area contributed by atoms with Gasteiger partial charge in [0, 0.05) is 4.88 Å². The van der Waals surface area contributed by atoms with Gasteiger partial charge in [-0.2, -0.15) is 0 Å². The molecule has 0 bridgehead atoms. The minimum atomic E-state index is -0.172. The normalized spacial score (nSPS) is 12.4. The molecule has 2 heterocycles. The topological polar surface area (TPSA) is 42.2 Å². The molecule has 4 heteroatoms. The zero-order valence-electron chi connectivity index (χ0n) is 9.19. The Hall–Kier alpha value is -1.55. The highest BCUT2D eigenvalue weighted by molar-refractivity contribution is 7.10. The van der Waals surface area contributed by atoms with Crippen LogP contribution >= 0.6 is 11.3 Å². The SMILES string of the molecule is Cc1ccc(C(=O)NC(C)c2cccs2)o1. The molecule has 0 radical (unpaired) electrons. The van der Waals surface area contributed by atoms with E-state index in [4.69, 9.17) is 4.42 Å². The van der Waals surface area contributed by atoms with Crippen LogP contribution in [0.2, 0.25) is 0 Å². The maximum Gasteiger partial charge on any atom is 0.287 e. The summed E-state index contributed by atoms with van der Waals surface area (Å²) in [5, 5.41) is 4.88. The number of nitrogens with one attached hydrogen (secondary N) is 1. The number of hydrogen-bond acceptors (Lipinski definition) is 3. The molecule has 1 atom stereocenters. The van der Waals surface area contributed by atoms with Crippen LogP contribution < -0.4 is 5.32 Å². The molecule has 0 fully saturated rings. The molecule has 2 aromatic heterocycles. The van der Waals surface area contributed by atoms with Gasteiger partial charge >= 0.3 is 0 Å². The van der Waals surface area contributed by atoms with E-state index in [1.54, 1.807) is 23.5 Å². The summed E-state index contributed by atoms with van der Waals surface area (Å²) < 4.78 is 5.25. The Bertz CT molecular complexity index is 473. The quantitative estimate of drug-likeness (QED) is 0.888. The molecule has 0 spiro atoms. The second kappa shape index (κ2) is 4.53. The lowest BCUT2D eigenvalue weighted by molar-refractivity contribution is 0.0911. The van der Waals surface area contributed by atoms with Crippen molar-refractivity contribution in [2.24, 2.45) is 0 Å². The van der Waals surface area contributed by atoms with Gasteiger partial charge in [0.2, 0.25) is 0 Å². The number of hydrogen-bond donors (Lipinski definition) is 1. The third-order valence-electron chi connectivity index (χ3n) is 2.28. The van der Waals surface area contributed by atoms with E-state index in [1.165, 1.54) is 0 Å². The van der Waals surface area contributed by atoms with Crippen molar-refractivity contribution in [1.82, 2.24) is 5.32 Å². The van der Waals surface area contributed by atoms with Crippen LogP contribution in [0.25, 0.3) is 0 Å². The van der Waals surface area contributed by atoms with Gasteiger partial charge in [0.25, 0.3) is 5.91 Å². The highest BCUT2D eigenvalue weighted by Gasteiger charge is 2.14. The molecule has 0 aliphatic rings. The van der Waals surface area contributed by atoms with Crippen LogP contribution in [0.5, 0.6) is 0 Å². The first kappa shape index (κ1) is 11.0. The zero-order chi connectivity index (χ0) is 11.5. The summed E-state index contributed by atoms with van der Waals surface area (Å²) in [7, 11) is 0. The Morgan fingerprint density at radius 3 is 2.81 bits per heavy atom. The predicted octanol–water partition coefficient (Wildman–Crippen LogP) is 3.14. The zero-order valence-corrected chi connectivity index (χ0v) is 10.0. The average molecular weight is 235 g/mol. The molecule has 1 unspecified atom stereocenters. The Balaban J connectivity index is 2.03. The molecule has 1 N–H and O–H groups in total. The first-order valence-electron chi connectivity index (χ1n) is 5.07. The van der Waals surface area contributed by atoms with Crippen LogP contribution in [-0.4, -0.2) is 5.91 Å². The fourth-order valence-corrected chi connectivity index (χ4v) is 2.17. The number of rotatable bonds is 3. The Kier molecular flexibility index (Phi) is 3.10. The summed E-state index contributed by atoms with van der Waals surface area (Å²) in [5.41, 5.74) is 0. The summed E-state index contributed by atoms with van der Waals surface area (Å²) in [5.74, 6) is 0.934. The molecule has 84 valence electrons. The number of carbonyl (C=O) groups is 1. The molecule has 0 saturated carbocycles. The highest BCUT2D eigenvalue weighted by Crippen LogP contribution is 2.18. The van der Waals surface area contributed by atoms with Gasteiger partial charge in [0.15, 0.2) is 5.76 Å². The van der Waals surface area contributed by atoms with Gasteiger partial charge in [0.05, 0.1) is 6.04 Å². The third-order valence-corrected chi connectivity index (χ3v) is 3.34. The van der Waals surface area contributed by atoms with E-state index in [0.717, 1.165) is 10.6 Å². The summed E-state index contributed by atoms with van der Waals surface area (Å²) in [4.78, 5) is 12.9. The van der Waals surface area contributed by atoms with E-state index in [2.05, 4.69) is 5.32 Å². The fourth-order valence-electron chi connectivity index (χ4n) is 1.43. The van der Waals surface area contributed by atoms with Gasteiger partial charge in [-0.1, -0.05) is 6.07 Å².